The lowest BCUT2D eigenvalue weighted by atomic mass is 9.92. The first-order valence-electron chi connectivity index (χ1n) is 8.57. The van der Waals surface area contributed by atoms with Crippen molar-refractivity contribution in [1.29, 1.82) is 0 Å². The highest BCUT2D eigenvalue weighted by Gasteiger charge is 2.55. The number of anilines is 1. The Morgan fingerprint density at radius 2 is 2.12 bits per heavy atom. The van der Waals surface area contributed by atoms with E-state index in [1.807, 2.05) is 48.5 Å². The molecule has 0 aliphatic heterocycles. The van der Waals surface area contributed by atoms with Gasteiger partial charge in [0.15, 0.2) is 0 Å². The number of benzene rings is 2. The fourth-order valence-electron chi connectivity index (χ4n) is 3.78. The Balaban J connectivity index is 0.00000112. The van der Waals surface area contributed by atoms with Crippen LogP contribution in [-0.4, -0.2) is 16.1 Å². The first kappa shape index (κ1) is 15.1. The number of carbonyl (C=O) groups excluding carboxylic acids is 1. The zero-order valence-electron chi connectivity index (χ0n) is 13.9. The van der Waals surface area contributed by atoms with Gasteiger partial charge in [-0.05, 0) is 54.8 Å². The Hall–Kier alpha value is -3.21. The number of fused-ring (bicyclic) bond motifs is 2. The van der Waals surface area contributed by atoms with Crippen LogP contribution in [0.2, 0.25) is 0 Å². The number of halogens is 1. The Kier molecular flexibility index (Phi) is 3.13. The van der Waals surface area contributed by atoms with Crippen LogP contribution in [0.5, 0.6) is 0 Å². The summed E-state index contributed by atoms with van der Waals surface area (Å²) in [5.74, 6) is -0.201. The quantitative estimate of drug-likeness (QED) is 0.700. The highest BCUT2D eigenvalue weighted by Crippen LogP contribution is 2.59. The average molecular weight is 349 g/mol. The molecule has 26 heavy (non-hydrogen) atoms. The first-order chi connectivity index (χ1) is 12.7. The number of carbonyl (C=O) groups is 1. The second kappa shape index (κ2) is 5.39. The fraction of sp³-hybridized carbons (Fsp3) is 0.143. The summed E-state index contributed by atoms with van der Waals surface area (Å²) in [7, 11) is 0. The second-order valence-corrected chi connectivity index (χ2v) is 6.89. The lowest BCUT2D eigenvalue weighted by Crippen LogP contribution is -2.12. The molecule has 3 aromatic rings. The molecule has 5 rings (SSSR count). The topological polar surface area (TPSA) is 57.8 Å². The highest BCUT2D eigenvalue weighted by molar-refractivity contribution is 6.06. The van der Waals surface area contributed by atoms with E-state index in [1.165, 1.54) is 6.08 Å². The van der Waals surface area contributed by atoms with Crippen LogP contribution in [0.25, 0.3) is 10.9 Å². The van der Waals surface area contributed by atoms with Crippen molar-refractivity contribution in [3.63, 3.8) is 0 Å². The number of nitrogens with one attached hydrogen (secondary N) is 2. The molecule has 132 valence electrons. The molecular formula is C21H20FN3O. The number of nitrogens with zero attached hydrogens (tertiary/aromatic N) is 1. The smallest absolute Gasteiger partial charge is 0.255 e. The number of aromatic nitrogens is 2. The van der Waals surface area contributed by atoms with Gasteiger partial charge >= 0.3 is 0 Å². The van der Waals surface area contributed by atoms with E-state index in [2.05, 4.69) is 15.5 Å². The largest absolute Gasteiger partial charge is 0.322 e. The molecule has 1 fully saturated rings. The van der Waals surface area contributed by atoms with Crippen LogP contribution in [0.15, 0.2) is 72.6 Å². The van der Waals surface area contributed by atoms with Gasteiger partial charge in [0.25, 0.3) is 5.91 Å². The molecule has 0 bridgehead atoms. The summed E-state index contributed by atoms with van der Waals surface area (Å²) in [6.07, 6.45) is 5.95. The normalized spacial score (nSPS) is 23.4. The van der Waals surface area contributed by atoms with Crippen molar-refractivity contribution < 1.29 is 12.0 Å². The Bertz CT molecular complexity index is 1090. The van der Waals surface area contributed by atoms with Crippen LogP contribution in [0, 0.1) is 5.92 Å². The van der Waals surface area contributed by atoms with Crippen LogP contribution >= 0.6 is 0 Å². The number of amides is 1. The number of hydrogen-bond acceptors (Lipinski definition) is 2. The number of para-hydroxylation sites is 1. The molecule has 2 aromatic carbocycles. The molecule has 2 N–H and O–H groups in total. The summed E-state index contributed by atoms with van der Waals surface area (Å²) in [6, 6.07) is 14.8. The number of H-pyrrole nitrogens is 1. The molecule has 2 aliphatic carbocycles. The van der Waals surface area contributed by atoms with Crippen LogP contribution in [0.4, 0.5) is 10.1 Å². The van der Waals surface area contributed by atoms with Gasteiger partial charge in [-0.25, -0.2) is 4.39 Å². The van der Waals surface area contributed by atoms with Crippen LogP contribution in [-0.2, 0) is 5.41 Å². The maximum absolute atomic E-state index is 13.5. The summed E-state index contributed by atoms with van der Waals surface area (Å²) in [5, 5.41) is 11.3. The monoisotopic (exact) mass is 349 g/mol. The summed E-state index contributed by atoms with van der Waals surface area (Å²) in [5.41, 5.74) is 2.85. The van der Waals surface area contributed by atoms with Gasteiger partial charge in [0.2, 0.25) is 0 Å². The molecular weight excluding hydrogens is 329 g/mol. The van der Waals surface area contributed by atoms with E-state index >= 15 is 0 Å². The Morgan fingerprint density at radius 3 is 2.92 bits per heavy atom. The van der Waals surface area contributed by atoms with E-state index in [4.69, 9.17) is 0 Å². The standard InChI is InChI=1S/C21H16FN3O.2H2/c22-15-8-9-21(12-14(21)11-15)19-17-10-13(6-7-18(17)24-25-19)20(26)23-16-4-2-1-3-5-16;;/h1-11,14H,12H2,(H,23,26)(H,24,25);2*1H. The minimum atomic E-state index is -0.223. The van der Waals surface area contributed by atoms with Crippen LogP contribution in [0.3, 0.4) is 0 Å². The Labute approximate surface area is 152 Å². The van der Waals surface area contributed by atoms with Gasteiger partial charge in [-0.2, -0.15) is 5.10 Å². The summed E-state index contributed by atoms with van der Waals surface area (Å²) < 4.78 is 13.5. The van der Waals surface area contributed by atoms with Crippen molar-refractivity contribution in [3.05, 3.63) is 83.8 Å². The molecule has 1 aromatic heterocycles. The van der Waals surface area contributed by atoms with E-state index in [1.54, 1.807) is 12.1 Å². The third-order valence-corrected chi connectivity index (χ3v) is 5.27. The van der Waals surface area contributed by atoms with Gasteiger partial charge in [-0.3, -0.25) is 9.89 Å². The van der Waals surface area contributed by atoms with Crippen molar-refractivity contribution >= 4 is 22.5 Å². The number of allylic oxidation sites excluding steroid dienone is 4. The summed E-state index contributed by atoms with van der Waals surface area (Å²) >= 11 is 0. The molecule has 0 saturated heterocycles. The van der Waals surface area contributed by atoms with Crippen molar-refractivity contribution in [2.75, 3.05) is 5.32 Å². The van der Waals surface area contributed by atoms with Gasteiger partial charge in [0.05, 0.1) is 11.2 Å². The van der Waals surface area contributed by atoms with E-state index in [-0.39, 0.29) is 25.9 Å². The third-order valence-electron chi connectivity index (χ3n) is 5.27. The van der Waals surface area contributed by atoms with Crippen LogP contribution < -0.4 is 5.32 Å². The molecule has 0 spiro atoms. The summed E-state index contributed by atoms with van der Waals surface area (Å²) in [6.45, 7) is 0. The zero-order chi connectivity index (χ0) is 17.7. The number of rotatable bonds is 3. The fourth-order valence-corrected chi connectivity index (χ4v) is 3.78. The van der Waals surface area contributed by atoms with E-state index in [0.29, 0.717) is 5.56 Å². The van der Waals surface area contributed by atoms with Gasteiger partial charge in [0.1, 0.15) is 5.83 Å². The SMILES string of the molecule is O=C(Nc1ccccc1)c1ccc2n[nH]c(C34C=CC(F)=CC3C4)c2c1.[HH].[HH]. The van der Waals surface area contributed by atoms with E-state index in [0.717, 1.165) is 28.7 Å². The van der Waals surface area contributed by atoms with Crippen molar-refractivity contribution in [1.82, 2.24) is 10.2 Å². The highest BCUT2D eigenvalue weighted by atomic mass is 19.1. The number of aromatic amines is 1. The van der Waals surface area contributed by atoms with E-state index in [9.17, 15) is 9.18 Å². The molecule has 0 radical (unpaired) electrons. The first-order valence-corrected chi connectivity index (χ1v) is 8.57. The minimum absolute atomic E-state index is 0. The van der Waals surface area contributed by atoms with Gasteiger partial charge in [0, 0.05) is 24.9 Å². The van der Waals surface area contributed by atoms with Gasteiger partial charge < -0.3 is 5.32 Å². The van der Waals surface area contributed by atoms with Crippen molar-refractivity contribution in [3.8, 4) is 0 Å². The summed E-state index contributed by atoms with van der Waals surface area (Å²) in [4.78, 5) is 12.6. The average Bonchev–Trinajstić information content (AvgIpc) is 3.21. The molecule has 1 amide bonds. The lowest BCUT2D eigenvalue weighted by Gasteiger charge is -2.13. The van der Waals surface area contributed by atoms with Crippen molar-refractivity contribution in [2.24, 2.45) is 5.92 Å². The van der Waals surface area contributed by atoms with Crippen molar-refractivity contribution in [2.45, 2.75) is 11.8 Å². The zero-order valence-corrected chi connectivity index (χ0v) is 13.9. The van der Waals surface area contributed by atoms with Crippen LogP contribution in [0.1, 0.15) is 25.3 Å². The lowest BCUT2D eigenvalue weighted by molar-refractivity contribution is 0.102. The maximum Gasteiger partial charge on any atom is 0.255 e. The molecule has 5 heteroatoms. The molecule has 2 unspecified atom stereocenters. The second-order valence-electron chi connectivity index (χ2n) is 6.89. The predicted octanol–water partition coefficient (Wildman–Crippen LogP) is 4.99. The predicted molar refractivity (Wildman–Crippen MR) is 103 cm³/mol. The molecule has 4 nitrogen and oxygen atoms in total. The minimum Gasteiger partial charge on any atom is -0.322 e. The van der Waals surface area contributed by atoms with Gasteiger partial charge in [-0.15, -0.1) is 0 Å². The van der Waals surface area contributed by atoms with E-state index < -0.39 is 0 Å². The molecule has 2 aliphatic rings. The third kappa shape index (κ3) is 2.28. The number of hydrogen-bond donors (Lipinski definition) is 2. The Morgan fingerprint density at radius 1 is 1.27 bits per heavy atom. The molecule has 1 saturated carbocycles. The molecule has 2 atom stereocenters. The molecule has 1 heterocycles. The van der Waals surface area contributed by atoms with Gasteiger partial charge in [-0.1, -0.05) is 24.3 Å². The maximum atomic E-state index is 13.5.